The van der Waals surface area contributed by atoms with Crippen molar-refractivity contribution in [3.05, 3.63) is 64.7 Å². The Morgan fingerprint density at radius 1 is 1.05 bits per heavy atom. The number of hydrogen-bond donors (Lipinski definition) is 4. The Bertz CT molecular complexity index is 1340. The number of rotatable bonds is 6. The number of likely N-dealkylation sites (N-methyl/N-ethyl adjacent to an activating group) is 1. The maximum atomic E-state index is 14.2. The first-order chi connectivity index (χ1) is 19.3. The normalized spacial score (nSPS) is 19.7. The van der Waals surface area contributed by atoms with Crippen LogP contribution in [0.25, 0.3) is 0 Å². The fraction of sp³-hybridized carbons (Fsp3) is 0.484. The topological polar surface area (TPSA) is 139 Å². The average Bonchev–Trinajstić information content (AvgIpc) is 2.93. The molecule has 2 aromatic rings. The molecule has 1 aliphatic carbocycles. The monoisotopic (exact) mass is 564 g/mol. The van der Waals surface area contributed by atoms with Gasteiger partial charge < -0.3 is 25.7 Å². The summed E-state index contributed by atoms with van der Waals surface area (Å²) in [7, 11) is 1.29. The molecule has 220 valence electrons. The molecule has 4 rings (SSSR count). The lowest BCUT2D eigenvalue weighted by Gasteiger charge is -2.42. The second-order valence-electron chi connectivity index (χ2n) is 12.2. The number of carbonyl (C=O) groups excluding carboxylic acids is 3. The van der Waals surface area contributed by atoms with Crippen molar-refractivity contribution in [2.45, 2.75) is 84.1 Å². The van der Waals surface area contributed by atoms with E-state index in [2.05, 4.69) is 16.7 Å². The van der Waals surface area contributed by atoms with Crippen LogP contribution in [0.4, 0.5) is 4.79 Å². The van der Waals surface area contributed by atoms with Crippen molar-refractivity contribution >= 4 is 23.8 Å². The van der Waals surface area contributed by atoms with Gasteiger partial charge in [0.05, 0.1) is 6.04 Å². The molecule has 0 saturated heterocycles. The minimum absolute atomic E-state index is 0.0593. The molecular weight excluding hydrogens is 524 g/mol. The van der Waals surface area contributed by atoms with Crippen LogP contribution >= 0.6 is 0 Å². The van der Waals surface area contributed by atoms with E-state index in [-0.39, 0.29) is 30.7 Å². The van der Waals surface area contributed by atoms with Crippen molar-refractivity contribution in [2.24, 2.45) is 5.41 Å². The van der Waals surface area contributed by atoms with E-state index in [0.29, 0.717) is 0 Å². The zero-order chi connectivity index (χ0) is 30.1. The Morgan fingerprint density at radius 2 is 1.76 bits per heavy atom. The Hall–Kier alpha value is -4.08. The number of fused-ring (bicyclic) bond motifs is 2. The van der Waals surface area contributed by atoms with Gasteiger partial charge in [0, 0.05) is 20.0 Å². The lowest BCUT2D eigenvalue weighted by atomic mass is 9.83. The van der Waals surface area contributed by atoms with Crippen LogP contribution in [0, 0.1) is 5.41 Å². The van der Waals surface area contributed by atoms with E-state index in [4.69, 9.17) is 0 Å². The predicted molar refractivity (Wildman–Crippen MR) is 153 cm³/mol. The van der Waals surface area contributed by atoms with Crippen LogP contribution in [-0.2, 0) is 33.8 Å². The SMILES string of the molecule is CC(C(=O)NC(C(=O)N1Cc2cc(O)ccc2CC1C(=O)N[C@@H]1CCCc2ccccc21)C(C)(C)C)N(C)C(=O)O. The quantitative estimate of drug-likeness (QED) is 0.424. The first-order valence-electron chi connectivity index (χ1n) is 14.0. The molecule has 41 heavy (non-hydrogen) atoms. The molecule has 10 nitrogen and oxygen atoms in total. The second-order valence-corrected chi connectivity index (χ2v) is 12.2. The van der Waals surface area contributed by atoms with Crippen molar-refractivity contribution < 1.29 is 29.4 Å². The highest BCUT2D eigenvalue weighted by molar-refractivity contribution is 5.94. The molecule has 0 radical (unpaired) electrons. The maximum Gasteiger partial charge on any atom is 0.407 e. The van der Waals surface area contributed by atoms with E-state index in [0.717, 1.165) is 40.9 Å². The van der Waals surface area contributed by atoms with Gasteiger partial charge in [-0.2, -0.15) is 0 Å². The number of nitrogens with zero attached hydrogens (tertiary/aromatic N) is 2. The number of phenolic OH excluding ortho intramolecular Hbond substituents is 1. The maximum absolute atomic E-state index is 14.2. The highest BCUT2D eigenvalue weighted by atomic mass is 16.4. The van der Waals surface area contributed by atoms with Crippen molar-refractivity contribution in [1.29, 1.82) is 0 Å². The van der Waals surface area contributed by atoms with Crippen LogP contribution < -0.4 is 10.6 Å². The standard InChI is InChI=1S/C31H40N4O6/c1-18(34(5)30(40)41)27(37)33-26(31(2,3)4)29(39)35-17-21-15-22(36)14-13-20(21)16-25(35)28(38)32-24-12-8-10-19-9-6-7-11-23(19)24/h6-7,9,11,13-15,18,24-26,36H,8,10,12,16-17H2,1-5H3,(H,32,38)(H,33,37)(H,40,41)/t18?,24-,25?,26?/m1/s1. The third kappa shape index (κ3) is 6.47. The van der Waals surface area contributed by atoms with Crippen LogP contribution in [0.1, 0.15) is 68.8 Å². The molecule has 3 unspecified atom stereocenters. The Labute approximate surface area is 240 Å². The molecule has 0 saturated carbocycles. The van der Waals surface area contributed by atoms with Crippen LogP contribution in [-0.4, -0.2) is 69.0 Å². The minimum atomic E-state index is -1.26. The van der Waals surface area contributed by atoms with Gasteiger partial charge in [-0.05, 0) is 66.0 Å². The number of phenols is 1. The van der Waals surface area contributed by atoms with Gasteiger partial charge in [0.1, 0.15) is 23.9 Å². The van der Waals surface area contributed by atoms with Crippen molar-refractivity contribution in [3.63, 3.8) is 0 Å². The number of carbonyl (C=O) groups is 4. The third-order valence-electron chi connectivity index (χ3n) is 8.25. The third-order valence-corrected chi connectivity index (χ3v) is 8.25. The summed E-state index contributed by atoms with van der Waals surface area (Å²) in [4.78, 5) is 55.0. The molecule has 0 aromatic heterocycles. The average molecular weight is 565 g/mol. The van der Waals surface area contributed by atoms with Crippen LogP contribution in [0.5, 0.6) is 5.75 Å². The largest absolute Gasteiger partial charge is 0.508 e. The molecule has 10 heteroatoms. The van der Waals surface area contributed by atoms with E-state index >= 15 is 0 Å². The molecular formula is C31H40N4O6. The molecule has 4 atom stereocenters. The molecule has 1 heterocycles. The molecule has 2 aromatic carbocycles. The van der Waals surface area contributed by atoms with E-state index in [1.54, 1.807) is 39.0 Å². The van der Waals surface area contributed by atoms with Gasteiger partial charge in [-0.3, -0.25) is 19.3 Å². The first kappa shape index (κ1) is 29.9. The fourth-order valence-corrected chi connectivity index (χ4v) is 5.63. The summed E-state index contributed by atoms with van der Waals surface area (Å²) in [5.74, 6) is -1.28. The Kier molecular flexibility index (Phi) is 8.60. The molecule has 0 fully saturated rings. The van der Waals surface area contributed by atoms with Gasteiger partial charge in [-0.15, -0.1) is 0 Å². The summed E-state index contributed by atoms with van der Waals surface area (Å²) >= 11 is 0. The highest BCUT2D eigenvalue weighted by Crippen LogP contribution is 2.33. The number of aryl methyl sites for hydroxylation is 1. The van der Waals surface area contributed by atoms with E-state index in [9.17, 15) is 29.4 Å². The Morgan fingerprint density at radius 3 is 2.44 bits per heavy atom. The highest BCUT2D eigenvalue weighted by Gasteiger charge is 2.43. The first-order valence-corrected chi connectivity index (χ1v) is 14.0. The Balaban J connectivity index is 1.64. The van der Waals surface area contributed by atoms with Crippen LogP contribution in [0.3, 0.4) is 0 Å². The van der Waals surface area contributed by atoms with E-state index in [1.165, 1.54) is 24.4 Å². The van der Waals surface area contributed by atoms with E-state index < -0.39 is 41.4 Å². The van der Waals surface area contributed by atoms with E-state index in [1.807, 2.05) is 18.2 Å². The lowest BCUT2D eigenvalue weighted by molar-refractivity contribution is -0.147. The summed E-state index contributed by atoms with van der Waals surface area (Å²) in [5, 5.41) is 25.4. The molecule has 0 bridgehead atoms. The van der Waals surface area contributed by atoms with Gasteiger partial charge in [-0.1, -0.05) is 51.1 Å². The van der Waals surface area contributed by atoms with Crippen molar-refractivity contribution in [1.82, 2.24) is 20.4 Å². The zero-order valence-corrected chi connectivity index (χ0v) is 24.3. The predicted octanol–water partition coefficient (Wildman–Crippen LogP) is 3.37. The van der Waals surface area contributed by atoms with Gasteiger partial charge in [-0.25, -0.2) is 4.79 Å². The molecule has 4 N–H and O–H groups in total. The van der Waals surface area contributed by atoms with Crippen LogP contribution in [0.15, 0.2) is 42.5 Å². The summed E-state index contributed by atoms with van der Waals surface area (Å²) in [6.07, 6.45) is 1.68. The van der Waals surface area contributed by atoms with Crippen molar-refractivity contribution in [2.75, 3.05) is 7.05 Å². The number of amides is 4. The number of carboxylic acid groups (broad SMARTS) is 1. The number of aromatic hydroxyl groups is 1. The van der Waals surface area contributed by atoms with Gasteiger partial charge in [0.25, 0.3) is 0 Å². The summed E-state index contributed by atoms with van der Waals surface area (Å²) in [5.41, 5.74) is 3.13. The second kappa shape index (κ2) is 11.8. The van der Waals surface area contributed by atoms with Gasteiger partial charge in [0.2, 0.25) is 17.7 Å². The minimum Gasteiger partial charge on any atom is -0.508 e. The molecule has 2 aliphatic rings. The lowest BCUT2D eigenvalue weighted by Crippen LogP contribution is -2.62. The summed E-state index contributed by atoms with van der Waals surface area (Å²) in [6.45, 7) is 6.94. The van der Waals surface area contributed by atoms with Gasteiger partial charge in [0.15, 0.2) is 0 Å². The van der Waals surface area contributed by atoms with Gasteiger partial charge >= 0.3 is 6.09 Å². The number of hydrogen-bond acceptors (Lipinski definition) is 5. The molecule has 4 amide bonds. The van der Waals surface area contributed by atoms with Crippen LogP contribution in [0.2, 0.25) is 0 Å². The number of nitrogens with one attached hydrogen (secondary N) is 2. The van der Waals surface area contributed by atoms with Crippen molar-refractivity contribution in [3.8, 4) is 5.75 Å². The summed E-state index contributed by atoms with van der Waals surface area (Å²) in [6, 6.07) is 9.92. The smallest absolute Gasteiger partial charge is 0.407 e. The fourth-order valence-electron chi connectivity index (χ4n) is 5.63. The number of benzene rings is 2. The molecule has 1 aliphatic heterocycles. The molecule has 0 spiro atoms. The summed E-state index contributed by atoms with van der Waals surface area (Å²) < 4.78 is 0. The zero-order valence-electron chi connectivity index (χ0n) is 24.3.